The van der Waals surface area contributed by atoms with Crippen LogP contribution in [0.15, 0.2) is 97.1 Å². The fraction of sp³-hybridized carbons (Fsp3) is 0.111. The highest BCUT2D eigenvalue weighted by atomic mass is 19.1. The van der Waals surface area contributed by atoms with Gasteiger partial charge in [0.05, 0.1) is 6.54 Å². The van der Waals surface area contributed by atoms with E-state index in [1.807, 2.05) is 54.6 Å². The number of halogens is 1. The number of hydrogen-bond donors (Lipinski definition) is 2. The van der Waals surface area contributed by atoms with Gasteiger partial charge in [0.15, 0.2) is 0 Å². The summed E-state index contributed by atoms with van der Waals surface area (Å²) in [5.74, 6) is -0.614. The van der Waals surface area contributed by atoms with E-state index in [9.17, 15) is 14.6 Å². The van der Waals surface area contributed by atoms with Gasteiger partial charge < -0.3 is 15.1 Å². The van der Waals surface area contributed by atoms with Crippen LogP contribution in [0.4, 0.5) is 10.1 Å². The number of para-hydroxylation sites is 1. The number of phenolic OH excluding ortho intramolecular Hbond substituents is 1. The zero-order chi connectivity index (χ0) is 21.4. The number of rotatable bonds is 4. The maximum Gasteiger partial charge on any atom is 0.138 e. The van der Waals surface area contributed by atoms with Gasteiger partial charge in [-0.15, -0.1) is 0 Å². The molecule has 2 N–H and O–H groups in total. The predicted octanol–water partition coefficient (Wildman–Crippen LogP) is 5.45. The summed E-state index contributed by atoms with van der Waals surface area (Å²) in [5, 5.41) is 22.1. The lowest BCUT2D eigenvalue weighted by Gasteiger charge is -2.27. The molecule has 4 aromatic rings. The molecule has 1 heterocycles. The van der Waals surface area contributed by atoms with Crippen LogP contribution >= 0.6 is 0 Å². The first kappa shape index (κ1) is 19.3. The van der Waals surface area contributed by atoms with Crippen molar-refractivity contribution in [3.63, 3.8) is 0 Å². The third-order valence-electron chi connectivity index (χ3n) is 5.98. The molecular formula is C27H22FNO2. The maximum absolute atomic E-state index is 14.0. The Morgan fingerprint density at radius 2 is 1.52 bits per heavy atom. The van der Waals surface area contributed by atoms with Crippen molar-refractivity contribution in [1.82, 2.24) is 0 Å². The molecule has 0 bridgehead atoms. The van der Waals surface area contributed by atoms with E-state index in [1.54, 1.807) is 0 Å². The molecule has 1 aliphatic rings. The lowest BCUT2D eigenvalue weighted by molar-refractivity contribution is 0.0944. The highest BCUT2D eigenvalue weighted by Gasteiger charge is 2.44. The van der Waals surface area contributed by atoms with Gasteiger partial charge in [-0.2, -0.15) is 0 Å². The number of anilines is 1. The van der Waals surface area contributed by atoms with Crippen LogP contribution in [0.2, 0.25) is 0 Å². The van der Waals surface area contributed by atoms with Crippen LogP contribution in [0.5, 0.6) is 5.75 Å². The lowest BCUT2D eigenvalue weighted by Crippen LogP contribution is -2.34. The Hall–Kier alpha value is -3.63. The minimum atomic E-state index is -1.51. The third-order valence-corrected chi connectivity index (χ3v) is 5.98. The van der Waals surface area contributed by atoms with E-state index >= 15 is 0 Å². The number of aliphatic hydroxyl groups is 1. The van der Waals surface area contributed by atoms with E-state index in [1.165, 1.54) is 18.2 Å². The molecule has 0 spiro atoms. The van der Waals surface area contributed by atoms with Gasteiger partial charge in [0, 0.05) is 23.4 Å². The van der Waals surface area contributed by atoms with E-state index in [0.717, 1.165) is 22.4 Å². The molecule has 0 saturated carbocycles. The van der Waals surface area contributed by atoms with Crippen molar-refractivity contribution in [2.45, 2.75) is 12.1 Å². The summed E-state index contributed by atoms with van der Waals surface area (Å²) >= 11 is 0. The second kappa shape index (κ2) is 7.56. The molecule has 0 fully saturated rings. The Morgan fingerprint density at radius 1 is 0.806 bits per heavy atom. The van der Waals surface area contributed by atoms with Crippen molar-refractivity contribution in [2.75, 3.05) is 11.4 Å². The molecule has 4 aromatic carbocycles. The monoisotopic (exact) mass is 411 g/mol. The summed E-state index contributed by atoms with van der Waals surface area (Å²) in [6.45, 7) is 0.785. The first-order chi connectivity index (χ1) is 15.1. The Bertz CT molecular complexity index is 1240. The van der Waals surface area contributed by atoms with Gasteiger partial charge in [-0.1, -0.05) is 72.8 Å². The highest BCUT2D eigenvalue weighted by molar-refractivity contribution is 5.70. The van der Waals surface area contributed by atoms with Crippen LogP contribution < -0.4 is 4.90 Å². The molecule has 5 rings (SSSR count). The van der Waals surface area contributed by atoms with Gasteiger partial charge in [0.1, 0.15) is 17.2 Å². The van der Waals surface area contributed by atoms with Gasteiger partial charge in [-0.3, -0.25) is 0 Å². The van der Waals surface area contributed by atoms with Gasteiger partial charge in [-0.25, -0.2) is 4.39 Å². The van der Waals surface area contributed by atoms with Crippen molar-refractivity contribution >= 4 is 5.69 Å². The Morgan fingerprint density at radius 3 is 2.35 bits per heavy atom. The van der Waals surface area contributed by atoms with E-state index in [-0.39, 0.29) is 17.9 Å². The summed E-state index contributed by atoms with van der Waals surface area (Å²) in [5.41, 5.74) is 3.58. The van der Waals surface area contributed by atoms with E-state index in [2.05, 4.69) is 29.2 Å². The lowest BCUT2D eigenvalue weighted by atomic mass is 9.87. The molecule has 154 valence electrons. The molecular weight excluding hydrogens is 389 g/mol. The topological polar surface area (TPSA) is 43.7 Å². The van der Waals surface area contributed by atoms with Crippen LogP contribution in [0, 0.1) is 5.82 Å². The van der Waals surface area contributed by atoms with Crippen LogP contribution in [0.1, 0.15) is 16.7 Å². The second-order valence-corrected chi connectivity index (χ2v) is 7.92. The molecule has 0 radical (unpaired) electrons. The minimum Gasteiger partial charge on any atom is -0.508 e. The van der Waals surface area contributed by atoms with Crippen LogP contribution in [-0.4, -0.2) is 16.8 Å². The Labute approximate surface area is 180 Å². The van der Waals surface area contributed by atoms with E-state index < -0.39 is 11.4 Å². The average molecular weight is 411 g/mol. The summed E-state index contributed by atoms with van der Waals surface area (Å²) in [4.78, 5) is 2.08. The molecule has 31 heavy (non-hydrogen) atoms. The van der Waals surface area contributed by atoms with Crippen LogP contribution in [-0.2, 0) is 12.1 Å². The first-order valence-electron chi connectivity index (χ1n) is 10.3. The standard InChI is InChI=1S/C27H22FNO2/c28-21-14-15-26(30)24(16-21)27(31)18-29(25-13-7-6-12-23(25)27)17-20-10-4-5-11-22(20)19-8-2-1-3-9-19/h1-16,30-31H,17-18H2. The molecule has 1 unspecified atom stereocenters. The molecule has 0 aromatic heterocycles. The summed E-state index contributed by atoms with van der Waals surface area (Å²) in [6.07, 6.45) is 0. The number of fused-ring (bicyclic) bond motifs is 1. The fourth-order valence-electron chi connectivity index (χ4n) is 4.52. The number of nitrogens with zero attached hydrogens (tertiary/aromatic N) is 1. The van der Waals surface area contributed by atoms with Crippen molar-refractivity contribution < 1.29 is 14.6 Å². The SMILES string of the molecule is Oc1ccc(F)cc1C1(O)CN(Cc2ccccc2-c2ccccc2)c2ccccc21. The normalized spacial score (nSPS) is 17.5. The second-order valence-electron chi connectivity index (χ2n) is 7.92. The summed E-state index contributed by atoms with van der Waals surface area (Å²) in [6, 6.07) is 29.7. The molecule has 1 atom stereocenters. The number of hydrogen-bond acceptors (Lipinski definition) is 3. The zero-order valence-electron chi connectivity index (χ0n) is 16.9. The molecule has 1 aliphatic heterocycles. The average Bonchev–Trinajstić information content (AvgIpc) is 3.09. The number of phenols is 1. The molecule has 4 heteroatoms. The van der Waals surface area contributed by atoms with Gasteiger partial charge >= 0.3 is 0 Å². The highest BCUT2D eigenvalue weighted by Crippen LogP contribution is 2.46. The third kappa shape index (κ3) is 3.35. The predicted molar refractivity (Wildman–Crippen MR) is 120 cm³/mol. The first-order valence-corrected chi connectivity index (χ1v) is 10.3. The van der Waals surface area contributed by atoms with Crippen molar-refractivity contribution in [3.8, 4) is 16.9 Å². The maximum atomic E-state index is 14.0. The van der Waals surface area contributed by atoms with Gasteiger partial charge in [-0.05, 0) is 41.0 Å². The van der Waals surface area contributed by atoms with Crippen LogP contribution in [0.3, 0.4) is 0 Å². The fourth-order valence-corrected chi connectivity index (χ4v) is 4.52. The number of β-amino-alcohol motifs (C(OH)–C–C–N with tert-alkyl or cyclic N) is 1. The smallest absolute Gasteiger partial charge is 0.138 e. The number of benzene rings is 4. The summed E-state index contributed by atoms with van der Waals surface area (Å²) < 4.78 is 14.0. The quantitative estimate of drug-likeness (QED) is 0.469. The van der Waals surface area contributed by atoms with E-state index in [4.69, 9.17) is 0 Å². The molecule has 3 nitrogen and oxygen atoms in total. The Kier molecular flexibility index (Phi) is 4.72. The Balaban J connectivity index is 1.57. The largest absolute Gasteiger partial charge is 0.508 e. The zero-order valence-corrected chi connectivity index (χ0v) is 16.9. The number of aromatic hydroxyl groups is 1. The molecule has 0 saturated heterocycles. The van der Waals surface area contributed by atoms with Crippen molar-refractivity contribution in [2.24, 2.45) is 0 Å². The van der Waals surface area contributed by atoms with Crippen molar-refractivity contribution in [3.05, 3.63) is 120 Å². The molecule has 0 amide bonds. The summed E-state index contributed by atoms with van der Waals surface area (Å²) in [7, 11) is 0. The van der Waals surface area contributed by atoms with Crippen LogP contribution in [0.25, 0.3) is 11.1 Å². The van der Waals surface area contributed by atoms with Gasteiger partial charge in [0.2, 0.25) is 0 Å². The van der Waals surface area contributed by atoms with E-state index in [0.29, 0.717) is 12.1 Å². The molecule has 0 aliphatic carbocycles. The van der Waals surface area contributed by atoms with Gasteiger partial charge in [0.25, 0.3) is 0 Å². The minimum absolute atomic E-state index is 0.120. The van der Waals surface area contributed by atoms with Crippen molar-refractivity contribution in [1.29, 1.82) is 0 Å².